The van der Waals surface area contributed by atoms with Crippen LogP contribution in [0.3, 0.4) is 0 Å². The molecule has 0 saturated carbocycles. The lowest BCUT2D eigenvalue weighted by Gasteiger charge is -2.26. The molecule has 0 nitrogen and oxygen atoms in total. The maximum absolute atomic E-state index is 2.29. The van der Waals surface area contributed by atoms with Crippen molar-refractivity contribution in [1.29, 1.82) is 0 Å². The minimum absolute atomic E-state index is 0.624. The van der Waals surface area contributed by atoms with E-state index in [9.17, 15) is 0 Å². The Hall–Kier alpha value is -1.56. The Labute approximate surface area is 111 Å². The second-order valence-electron chi connectivity index (χ2n) is 4.85. The van der Waals surface area contributed by atoms with Crippen LogP contribution in [0.2, 0.25) is 0 Å². The molecule has 0 bridgehead atoms. The zero-order valence-corrected chi connectivity index (χ0v) is 11.3. The monoisotopic (exact) mass is 238 g/mol. The molecule has 2 rings (SSSR count). The molecule has 0 radical (unpaired) electrons. The van der Waals surface area contributed by atoms with Crippen LogP contribution in [0.15, 0.2) is 60.7 Å². The second kappa shape index (κ2) is 6.39. The maximum Gasteiger partial charge on any atom is -0.00958 e. The third kappa shape index (κ3) is 2.81. The van der Waals surface area contributed by atoms with Gasteiger partial charge in [0.25, 0.3) is 0 Å². The first-order chi connectivity index (χ1) is 8.86. The van der Waals surface area contributed by atoms with E-state index in [4.69, 9.17) is 0 Å². The number of hydrogen-bond acceptors (Lipinski definition) is 0. The van der Waals surface area contributed by atoms with Gasteiger partial charge in [0.2, 0.25) is 0 Å². The average Bonchev–Trinajstić information content (AvgIpc) is 2.46. The van der Waals surface area contributed by atoms with E-state index in [1.54, 1.807) is 0 Å². The third-order valence-corrected chi connectivity index (χ3v) is 3.82. The minimum Gasteiger partial charge on any atom is -0.0648 e. The molecule has 0 heteroatoms. The van der Waals surface area contributed by atoms with E-state index in [1.807, 2.05) is 0 Å². The van der Waals surface area contributed by atoms with E-state index in [1.165, 1.54) is 24.0 Å². The van der Waals surface area contributed by atoms with E-state index >= 15 is 0 Å². The van der Waals surface area contributed by atoms with Crippen LogP contribution in [0.25, 0.3) is 0 Å². The van der Waals surface area contributed by atoms with Gasteiger partial charge < -0.3 is 0 Å². The van der Waals surface area contributed by atoms with Gasteiger partial charge in [0.15, 0.2) is 0 Å². The molecule has 2 aromatic carbocycles. The zero-order valence-electron chi connectivity index (χ0n) is 11.3. The molecule has 94 valence electrons. The molecule has 2 aromatic rings. The van der Waals surface area contributed by atoms with Gasteiger partial charge in [-0.2, -0.15) is 0 Å². The Morgan fingerprint density at radius 3 is 1.22 bits per heavy atom. The smallest absolute Gasteiger partial charge is 0.00958 e. The highest BCUT2D eigenvalue weighted by Gasteiger charge is 2.21. The molecule has 0 amide bonds. The average molecular weight is 238 g/mol. The van der Waals surface area contributed by atoms with Crippen molar-refractivity contribution >= 4 is 0 Å². The number of benzene rings is 2. The van der Waals surface area contributed by atoms with Gasteiger partial charge >= 0.3 is 0 Å². The summed E-state index contributed by atoms with van der Waals surface area (Å²) in [6, 6.07) is 21.8. The highest BCUT2D eigenvalue weighted by atomic mass is 14.2. The van der Waals surface area contributed by atoms with Gasteiger partial charge in [0, 0.05) is 0 Å². The summed E-state index contributed by atoms with van der Waals surface area (Å²) < 4.78 is 0. The lowest BCUT2D eigenvalue weighted by Crippen LogP contribution is -2.10. The molecule has 0 N–H and O–H groups in total. The summed E-state index contributed by atoms with van der Waals surface area (Å²) in [6.07, 6.45) is 2.38. The molecular formula is C18H22. The van der Waals surface area contributed by atoms with E-state index in [-0.39, 0.29) is 0 Å². The van der Waals surface area contributed by atoms with Gasteiger partial charge in [0.1, 0.15) is 0 Å². The largest absolute Gasteiger partial charge is 0.0648 e. The lowest BCUT2D eigenvalue weighted by atomic mass is 9.78. The van der Waals surface area contributed by atoms with Gasteiger partial charge in [-0.05, 0) is 35.8 Å². The molecule has 2 atom stereocenters. The summed E-state index contributed by atoms with van der Waals surface area (Å²) in [5.41, 5.74) is 2.94. The second-order valence-corrected chi connectivity index (χ2v) is 4.85. The van der Waals surface area contributed by atoms with Crippen molar-refractivity contribution in [2.45, 2.75) is 38.5 Å². The minimum atomic E-state index is 0.624. The van der Waals surface area contributed by atoms with Crippen molar-refractivity contribution in [3.63, 3.8) is 0 Å². The highest BCUT2D eigenvalue weighted by Crippen LogP contribution is 2.37. The number of hydrogen-bond donors (Lipinski definition) is 0. The number of rotatable bonds is 5. The van der Waals surface area contributed by atoms with Crippen molar-refractivity contribution in [3.8, 4) is 0 Å². The molecule has 0 spiro atoms. The summed E-state index contributed by atoms with van der Waals surface area (Å²) >= 11 is 0. The van der Waals surface area contributed by atoms with Crippen LogP contribution in [0, 0.1) is 0 Å². The molecule has 0 saturated heterocycles. The van der Waals surface area contributed by atoms with Crippen LogP contribution < -0.4 is 0 Å². The standard InChI is InChI=1S/C18H22/c1-3-17(15-11-7-5-8-12-15)18(4-2)16-13-9-6-10-14-16/h5-14,17-18H,3-4H2,1-2H3/t17-,18-/m0/s1. The third-order valence-electron chi connectivity index (χ3n) is 3.82. The fourth-order valence-corrected chi connectivity index (χ4v) is 2.91. The molecule has 0 unspecified atom stereocenters. The summed E-state index contributed by atoms with van der Waals surface area (Å²) in [4.78, 5) is 0. The van der Waals surface area contributed by atoms with Gasteiger partial charge in [-0.15, -0.1) is 0 Å². The molecule has 0 aliphatic heterocycles. The Morgan fingerprint density at radius 1 is 0.611 bits per heavy atom. The van der Waals surface area contributed by atoms with Crippen molar-refractivity contribution in [3.05, 3.63) is 71.8 Å². The topological polar surface area (TPSA) is 0 Å². The fourth-order valence-electron chi connectivity index (χ4n) is 2.91. The highest BCUT2D eigenvalue weighted by molar-refractivity contribution is 5.28. The van der Waals surface area contributed by atoms with E-state index in [0.717, 1.165) is 0 Å². The molecular weight excluding hydrogens is 216 g/mol. The molecule has 0 fully saturated rings. The molecule has 0 heterocycles. The van der Waals surface area contributed by atoms with Crippen molar-refractivity contribution in [2.75, 3.05) is 0 Å². The summed E-state index contributed by atoms with van der Waals surface area (Å²) in [7, 11) is 0. The van der Waals surface area contributed by atoms with E-state index in [0.29, 0.717) is 11.8 Å². The van der Waals surface area contributed by atoms with Crippen molar-refractivity contribution < 1.29 is 0 Å². The predicted molar refractivity (Wildman–Crippen MR) is 78.9 cm³/mol. The molecule has 18 heavy (non-hydrogen) atoms. The normalized spacial score (nSPS) is 14.1. The SMILES string of the molecule is CC[C@@H](c1ccccc1)[C@@H](CC)c1ccccc1. The maximum atomic E-state index is 2.29. The van der Waals surface area contributed by atoms with Gasteiger partial charge in [-0.25, -0.2) is 0 Å². The zero-order chi connectivity index (χ0) is 12.8. The van der Waals surface area contributed by atoms with Gasteiger partial charge in [-0.3, -0.25) is 0 Å². The summed E-state index contributed by atoms with van der Waals surface area (Å²) in [5.74, 6) is 1.25. The first kappa shape index (κ1) is 12.9. The Kier molecular flexibility index (Phi) is 4.58. The molecule has 0 aliphatic rings. The van der Waals surface area contributed by atoms with E-state index in [2.05, 4.69) is 74.5 Å². The van der Waals surface area contributed by atoms with Gasteiger partial charge in [-0.1, -0.05) is 74.5 Å². The van der Waals surface area contributed by atoms with Crippen LogP contribution in [-0.4, -0.2) is 0 Å². The Balaban J connectivity index is 2.31. The fraction of sp³-hybridized carbons (Fsp3) is 0.333. The first-order valence-corrected chi connectivity index (χ1v) is 6.96. The van der Waals surface area contributed by atoms with Gasteiger partial charge in [0.05, 0.1) is 0 Å². The van der Waals surface area contributed by atoms with Crippen LogP contribution in [0.1, 0.15) is 49.7 Å². The van der Waals surface area contributed by atoms with Crippen LogP contribution >= 0.6 is 0 Å². The van der Waals surface area contributed by atoms with Crippen LogP contribution in [0.5, 0.6) is 0 Å². The predicted octanol–water partition coefficient (Wildman–Crippen LogP) is 5.37. The quantitative estimate of drug-likeness (QED) is 0.656. The van der Waals surface area contributed by atoms with Crippen LogP contribution in [0.4, 0.5) is 0 Å². The van der Waals surface area contributed by atoms with E-state index < -0.39 is 0 Å². The molecule has 0 aliphatic carbocycles. The summed E-state index contributed by atoms with van der Waals surface area (Å²) in [6.45, 7) is 4.59. The van der Waals surface area contributed by atoms with Crippen molar-refractivity contribution in [1.82, 2.24) is 0 Å². The lowest BCUT2D eigenvalue weighted by molar-refractivity contribution is 0.510. The first-order valence-electron chi connectivity index (χ1n) is 6.96. The Morgan fingerprint density at radius 2 is 0.944 bits per heavy atom. The summed E-state index contributed by atoms with van der Waals surface area (Å²) in [5, 5.41) is 0. The Bertz CT molecular complexity index is 398. The van der Waals surface area contributed by atoms with Crippen LogP contribution in [-0.2, 0) is 0 Å². The van der Waals surface area contributed by atoms with Crippen molar-refractivity contribution in [2.24, 2.45) is 0 Å². The molecule has 0 aromatic heterocycles.